The summed E-state index contributed by atoms with van der Waals surface area (Å²) in [6, 6.07) is 0. The molecule has 0 spiro atoms. The van der Waals surface area contributed by atoms with Crippen molar-refractivity contribution in [3.63, 3.8) is 0 Å². The first-order valence-corrected chi connectivity index (χ1v) is 2.69. The lowest BCUT2D eigenvalue weighted by Crippen LogP contribution is -2.08. The molecule has 1 unspecified atom stereocenters. The van der Waals surface area contributed by atoms with Gasteiger partial charge in [-0.05, 0) is 6.92 Å². The minimum atomic E-state index is -0.558. The molecule has 0 saturated carbocycles. The number of aliphatic hydroxyl groups excluding tert-OH is 1. The van der Waals surface area contributed by atoms with E-state index in [0.29, 0.717) is 0 Å². The third-order valence-corrected chi connectivity index (χ3v) is 0.893. The van der Waals surface area contributed by atoms with Gasteiger partial charge in [-0.25, -0.2) is 0 Å². The van der Waals surface area contributed by atoms with Crippen LogP contribution in [0.4, 0.5) is 0 Å². The second kappa shape index (κ2) is 2.87. The zero-order valence-electron chi connectivity index (χ0n) is 4.01. The average molecular weight is 120 g/mol. The van der Waals surface area contributed by atoms with Crippen LogP contribution >= 0.6 is 11.8 Å². The summed E-state index contributed by atoms with van der Waals surface area (Å²) in [6.45, 7) is 1.56. The van der Waals surface area contributed by atoms with Crippen LogP contribution in [0, 0.1) is 5.41 Å². The lowest BCUT2D eigenvalue weighted by Gasteiger charge is -1.97. The summed E-state index contributed by atoms with van der Waals surface area (Å²) in [7, 11) is 0. The molecule has 42 valence electrons. The molecule has 0 aromatic rings. The van der Waals surface area contributed by atoms with Crippen LogP contribution in [0.5, 0.6) is 0 Å². The van der Waals surface area contributed by atoms with Gasteiger partial charge >= 0.3 is 0 Å². The molecule has 4 heteroatoms. The van der Waals surface area contributed by atoms with Crippen LogP contribution in [0.2, 0.25) is 0 Å². The van der Waals surface area contributed by atoms with E-state index in [2.05, 4.69) is 0 Å². The quantitative estimate of drug-likeness (QED) is 0.258. The predicted octanol–water partition coefficient (Wildman–Crippen LogP) is -0.0486. The fourth-order valence-corrected chi connectivity index (χ4v) is 0.551. The Morgan fingerprint density at radius 2 is 2.43 bits per heavy atom. The van der Waals surface area contributed by atoms with Crippen LogP contribution in [0.3, 0.4) is 0 Å². The molecule has 0 bridgehead atoms. The molecule has 0 fully saturated rings. The number of hydrogen-bond acceptors (Lipinski definition) is 3. The smallest absolute Gasteiger partial charge is 0.153 e. The van der Waals surface area contributed by atoms with Gasteiger partial charge in [-0.3, -0.25) is 5.41 Å². The van der Waals surface area contributed by atoms with E-state index in [-0.39, 0.29) is 5.17 Å². The van der Waals surface area contributed by atoms with Crippen LogP contribution in [0.1, 0.15) is 6.92 Å². The highest BCUT2D eigenvalue weighted by atomic mass is 32.2. The number of hydrogen-bond donors (Lipinski definition) is 3. The van der Waals surface area contributed by atoms with Crippen molar-refractivity contribution in [1.82, 2.24) is 0 Å². The SMILES string of the molecule is CC(O)SC(=N)N. The van der Waals surface area contributed by atoms with Crippen LogP contribution in [0.25, 0.3) is 0 Å². The maximum absolute atomic E-state index is 8.46. The maximum atomic E-state index is 8.46. The first-order chi connectivity index (χ1) is 3.13. The number of nitrogens with two attached hydrogens (primary N) is 1. The molecule has 0 aliphatic heterocycles. The highest BCUT2D eigenvalue weighted by Crippen LogP contribution is 2.03. The van der Waals surface area contributed by atoms with E-state index >= 15 is 0 Å². The van der Waals surface area contributed by atoms with Gasteiger partial charge in [-0.15, -0.1) is 0 Å². The molecule has 0 aliphatic rings. The van der Waals surface area contributed by atoms with E-state index in [1.54, 1.807) is 6.92 Å². The zero-order valence-corrected chi connectivity index (χ0v) is 4.83. The summed E-state index contributed by atoms with van der Waals surface area (Å²) < 4.78 is 0. The molecular formula is C3H8N2OS. The van der Waals surface area contributed by atoms with Crippen LogP contribution in [0.15, 0.2) is 0 Å². The van der Waals surface area contributed by atoms with Crippen molar-refractivity contribution in [1.29, 1.82) is 5.41 Å². The van der Waals surface area contributed by atoms with Gasteiger partial charge in [-0.1, -0.05) is 11.8 Å². The van der Waals surface area contributed by atoms with Crippen LogP contribution in [-0.2, 0) is 0 Å². The summed E-state index contributed by atoms with van der Waals surface area (Å²) in [5.74, 6) is 0. The molecular weight excluding hydrogens is 112 g/mol. The van der Waals surface area contributed by atoms with Crippen molar-refractivity contribution in [3.8, 4) is 0 Å². The van der Waals surface area contributed by atoms with Gasteiger partial charge in [0.2, 0.25) is 0 Å². The lowest BCUT2D eigenvalue weighted by atomic mass is 10.9. The topological polar surface area (TPSA) is 70.1 Å². The summed E-state index contributed by atoms with van der Waals surface area (Å²) in [5.41, 5.74) is 4.32. The van der Waals surface area contributed by atoms with Gasteiger partial charge in [0.05, 0.1) is 0 Å². The summed E-state index contributed by atoms with van der Waals surface area (Å²) in [6.07, 6.45) is 0. The minimum absolute atomic E-state index is 0.0463. The van der Waals surface area contributed by atoms with E-state index in [1.807, 2.05) is 0 Å². The monoisotopic (exact) mass is 120 g/mol. The Balaban J connectivity index is 3.13. The molecule has 4 N–H and O–H groups in total. The third kappa shape index (κ3) is 5.78. The number of aliphatic hydroxyl groups is 1. The second-order valence-electron chi connectivity index (χ2n) is 1.08. The zero-order chi connectivity index (χ0) is 5.86. The minimum Gasteiger partial charge on any atom is -0.382 e. The van der Waals surface area contributed by atoms with Crippen molar-refractivity contribution in [2.24, 2.45) is 5.73 Å². The molecule has 0 aromatic carbocycles. The second-order valence-corrected chi connectivity index (χ2v) is 2.44. The van der Waals surface area contributed by atoms with Crippen LogP contribution < -0.4 is 5.73 Å². The molecule has 0 saturated heterocycles. The van der Waals surface area contributed by atoms with Crippen LogP contribution in [-0.4, -0.2) is 15.7 Å². The van der Waals surface area contributed by atoms with Gasteiger partial charge in [0.25, 0.3) is 0 Å². The van der Waals surface area contributed by atoms with Crippen molar-refractivity contribution in [3.05, 3.63) is 0 Å². The van der Waals surface area contributed by atoms with Gasteiger partial charge in [-0.2, -0.15) is 0 Å². The van der Waals surface area contributed by atoms with E-state index < -0.39 is 5.44 Å². The Kier molecular flexibility index (Phi) is 2.78. The predicted molar refractivity (Wildman–Crippen MR) is 31.2 cm³/mol. The van der Waals surface area contributed by atoms with Gasteiger partial charge < -0.3 is 10.8 Å². The molecule has 0 radical (unpaired) electrons. The van der Waals surface area contributed by atoms with Gasteiger partial charge in [0.15, 0.2) is 5.17 Å². The number of thioether (sulfide) groups is 1. The lowest BCUT2D eigenvalue weighted by molar-refractivity contribution is 0.285. The Hall–Kier alpha value is -0.220. The number of amidine groups is 1. The van der Waals surface area contributed by atoms with Crippen molar-refractivity contribution < 1.29 is 5.11 Å². The Morgan fingerprint density at radius 3 is 2.43 bits per heavy atom. The fourth-order valence-electron chi connectivity index (χ4n) is 0.184. The van der Waals surface area contributed by atoms with Crippen molar-refractivity contribution in [2.75, 3.05) is 0 Å². The third-order valence-electron chi connectivity index (χ3n) is 0.298. The average Bonchev–Trinajstić information content (AvgIpc) is 1.27. The maximum Gasteiger partial charge on any atom is 0.153 e. The molecule has 0 amide bonds. The van der Waals surface area contributed by atoms with E-state index in [1.165, 1.54) is 0 Å². The largest absolute Gasteiger partial charge is 0.382 e. The highest BCUT2D eigenvalue weighted by molar-refractivity contribution is 8.14. The van der Waals surface area contributed by atoms with E-state index in [4.69, 9.17) is 16.2 Å². The normalized spacial score (nSPS) is 13.4. The highest BCUT2D eigenvalue weighted by Gasteiger charge is 1.94. The summed E-state index contributed by atoms with van der Waals surface area (Å²) in [4.78, 5) is 0. The Labute approximate surface area is 46.4 Å². The first-order valence-electron chi connectivity index (χ1n) is 1.81. The molecule has 3 nitrogen and oxygen atoms in total. The first kappa shape index (κ1) is 6.78. The van der Waals surface area contributed by atoms with Gasteiger partial charge in [0.1, 0.15) is 5.44 Å². The fraction of sp³-hybridized carbons (Fsp3) is 0.667. The van der Waals surface area contributed by atoms with Crippen molar-refractivity contribution in [2.45, 2.75) is 12.4 Å². The Bertz CT molecular complexity index is 73.3. The standard InChI is InChI=1S/C3H8N2OS/c1-2(6)7-3(4)5/h2,6H,1H3,(H3,4,5). The Morgan fingerprint density at radius 1 is 2.00 bits per heavy atom. The molecule has 7 heavy (non-hydrogen) atoms. The summed E-state index contributed by atoms with van der Waals surface area (Å²) >= 11 is 0.926. The van der Waals surface area contributed by atoms with Crippen molar-refractivity contribution >= 4 is 16.9 Å². The molecule has 1 atom stereocenters. The molecule has 0 aromatic heterocycles. The van der Waals surface area contributed by atoms with Gasteiger partial charge in [0, 0.05) is 0 Å². The van der Waals surface area contributed by atoms with E-state index in [0.717, 1.165) is 11.8 Å². The number of rotatable bonds is 1. The molecule has 0 heterocycles. The molecule has 0 aliphatic carbocycles. The summed E-state index contributed by atoms with van der Waals surface area (Å²) in [5, 5.41) is 15.0. The molecule has 0 rings (SSSR count). The number of nitrogens with one attached hydrogen (secondary N) is 1. The van der Waals surface area contributed by atoms with E-state index in [9.17, 15) is 0 Å².